The molecule has 0 spiro atoms. The van der Waals surface area contributed by atoms with Crippen molar-refractivity contribution in [3.63, 3.8) is 0 Å². The van der Waals surface area contributed by atoms with Crippen molar-refractivity contribution in [2.75, 3.05) is 0 Å². The maximum atomic E-state index is 6.06. The summed E-state index contributed by atoms with van der Waals surface area (Å²) in [5, 5.41) is 4.49. The van der Waals surface area contributed by atoms with Gasteiger partial charge < -0.3 is 4.74 Å². The third-order valence-electron chi connectivity index (χ3n) is 3.87. The topological polar surface area (TPSA) is 27.1 Å². The van der Waals surface area contributed by atoms with Crippen molar-refractivity contribution in [1.82, 2.24) is 9.78 Å². The quantitative estimate of drug-likeness (QED) is 0.837. The molecule has 0 bridgehead atoms. The van der Waals surface area contributed by atoms with Gasteiger partial charge in [-0.3, -0.25) is 4.68 Å². The molecule has 4 heteroatoms. The van der Waals surface area contributed by atoms with Gasteiger partial charge in [-0.1, -0.05) is 6.92 Å². The van der Waals surface area contributed by atoms with Crippen molar-refractivity contribution in [2.24, 2.45) is 5.92 Å². The third kappa shape index (κ3) is 3.15. The molecule has 2 rings (SSSR count). The highest BCUT2D eigenvalue weighted by Gasteiger charge is 2.20. The fourth-order valence-corrected chi connectivity index (χ4v) is 3.00. The van der Waals surface area contributed by atoms with E-state index in [4.69, 9.17) is 4.74 Å². The molecule has 102 valence electrons. The Kier molecular flexibility index (Phi) is 4.84. The second-order valence-corrected chi connectivity index (χ2v) is 6.15. The van der Waals surface area contributed by atoms with E-state index in [0.717, 1.165) is 22.6 Å². The number of aryl methyl sites for hydroxylation is 2. The Bertz CT molecular complexity index is 395. The summed E-state index contributed by atoms with van der Waals surface area (Å²) < 4.78 is 9.20. The van der Waals surface area contributed by atoms with E-state index in [1.165, 1.54) is 31.4 Å². The molecule has 1 heterocycles. The number of aromatic nitrogens is 2. The Labute approximate surface area is 118 Å². The van der Waals surface area contributed by atoms with Crippen LogP contribution in [0.4, 0.5) is 0 Å². The summed E-state index contributed by atoms with van der Waals surface area (Å²) >= 11 is 3.61. The van der Waals surface area contributed by atoms with E-state index in [0.29, 0.717) is 12.7 Å². The van der Waals surface area contributed by atoms with Gasteiger partial charge in [0.25, 0.3) is 0 Å². The van der Waals surface area contributed by atoms with Gasteiger partial charge in [0.05, 0.1) is 28.6 Å². The lowest BCUT2D eigenvalue weighted by Gasteiger charge is -2.26. The van der Waals surface area contributed by atoms with Crippen LogP contribution < -0.4 is 0 Å². The lowest BCUT2D eigenvalue weighted by Crippen LogP contribution is -2.21. The Balaban J connectivity index is 1.93. The summed E-state index contributed by atoms with van der Waals surface area (Å²) in [4.78, 5) is 0. The lowest BCUT2D eigenvalue weighted by atomic mass is 9.89. The smallest absolute Gasteiger partial charge is 0.0900 e. The van der Waals surface area contributed by atoms with Crippen LogP contribution in [0.5, 0.6) is 0 Å². The highest BCUT2D eigenvalue weighted by Crippen LogP contribution is 2.28. The Hall–Kier alpha value is -0.350. The maximum absolute atomic E-state index is 6.06. The fraction of sp³-hybridized carbons (Fsp3) is 0.786. The minimum atomic E-state index is 0.439. The molecule has 0 aromatic carbocycles. The van der Waals surface area contributed by atoms with E-state index >= 15 is 0 Å². The van der Waals surface area contributed by atoms with Crippen LogP contribution in [0.1, 0.15) is 50.9 Å². The minimum Gasteiger partial charge on any atom is -0.372 e. The summed E-state index contributed by atoms with van der Waals surface area (Å²) in [5.74, 6) is 0.875. The summed E-state index contributed by atoms with van der Waals surface area (Å²) in [6, 6.07) is 0. The van der Waals surface area contributed by atoms with Crippen molar-refractivity contribution >= 4 is 15.9 Å². The molecule has 1 fully saturated rings. The summed E-state index contributed by atoms with van der Waals surface area (Å²) in [6.07, 6.45) is 5.46. The minimum absolute atomic E-state index is 0.439. The van der Waals surface area contributed by atoms with E-state index in [9.17, 15) is 0 Å². The highest BCUT2D eigenvalue weighted by molar-refractivity contribution is 9.10. The second kappa shape index (κ2) is 6.20. The van der Waals surface area contributed by atoms with Crippen LogP contribution in [0.2, 0.25) is 0 Å². The van der Waals surface area contributed by atoms with Crippen molar-refractivity contribution in [3.05, 3.63) is 15.9 Å². The molecule has 0 aliphatic heterocycles. The largest absolute Gasteiger partial charge is 0.372 e. The van der Waals surface area contributed by atoms with E-state index in [2.05, 4.69) is 34.9 Å². The van der Waals surface area contributed by atoms with Crippen LogP contribution in [0.25, 0.3) is 0 Å². The first-order valence-corrected chi connectivity index (χ1v) is 7.74. The van der Waals surface area contributed by atoms with Crippen LogP contribution >= 0.6 is 15.9 Å². The molecule has 0 radical (unpaired) electrons. The zero-order valence-corrected chi connectivity index (χ0v) is 13.2. The normalized spacial score (nSPS) is 24.4. The van der Waals surface area contributed by atoms with Gasteiger partial charge in [0, 0.05) is 6.54 Å². The lowest BCUT2D eigenvalue weighted by molar-refractivity contribution is 0.00547. The molecule has 1 aliphatic rings. The van der Waals surface area contributed by atoms with Gasteiger partial charge >= 0.3 is 0 Å². The Morgan fingerprint density at radius 2 is 2.00 bits per heavy atom. The average molecular weight is 315 g/mol. The first kappa shape index (κ1) is 14.1. The standard InChI is InChI=1S/C14H23BrN2O/c1-4-17-13(14(15)11(3)16-17)9-18-12-7-5-10(2)6-8-12/h10,12H,4-9H2,1-3H3. The molecule has 18 heavy (non-hydrogen) atoms. The molecule has 0 atom stereocenters. The van der Waals surface area contributed by atoms with Crippen LogP contribution in [-0.4, -0.2) is 15.9 Å². The van der Waals surface area contributed by atoms with Gasteiger partial charge in [0.2, 0.25) is 0 Å². The summed E-state index contributed by atoms with van der Waals surface area (Å²) in [7, 11) is 0. The van der Waals surface area contributed by atoms with Gasteiger partial charge in [0.15, 0.2) is 0 Å². The van der Waals surface area contributed by atoms with Crippen LogP contribution in [0, 0.1) is 12.8 Å². The van der Waals surface area contributed by atoms with Gasteiger partial charge in [-0.2, -0.15) is 5.10 Å². The average Bonchev–Trinajstić information content (AvgIpc) is 2.65. The van der Waals surface area contributed by atoms with Crippen LogP contribution in [0.3, 0.4) is 0 Å². The van der Waals surface area contributed by atoms with Crippen molar-refractivity contribution < 1.29 is 4.74 Å². The molecule has 1 aliphatic carbocycles. The maximum Gasteiger partial charge on any atom is 0.0900 e. The van der Waals surface area contributed by atoms with E-state index < -0.39 is 0 Å². The molecule has 1 saturated carbocycles. The number of halogens is 1. The van der Waals surface area contributed by atoms with Crippen LogP contribution in [0.15, 0.2) is 4.47 Å². The number of hydrogen-bond donors (Lipinski definition) is 0. The number of ether oxygens (including phenoxy) is 1. The SMILES string of the molecule is CCn1nc(C)c(Br)c1COC1CCC(C)CC1. The summed E-state index contributed by atoms with van der Waals surface area (Å²) in [6.45, 7) is 8.05. The van der Waals surface area contributed by atoms with E-state index in [1.54, 1.807) is 0 Å². The third-order valence-corrected chi connectivity index (χ3v) is 4.90. The van der Waals surface area contributed by atoms with Crippen molar-refractivity contribution in [3.8, 4) is 0 Å². The summed E-state index contributed by atoms with van der Waals surface area (Å²) in [5.41, 5.74) is 2.22. The molecule has 3 nitrogen and oxygen atoms in total. The molecule has 0 unspecified atom stereocenters. The predicted octanol–water partition coefficient (Wildman–Crippen LogP) is 4.07. The second-order valence-electron chi connectivity index (χ2n) is 5.35. The number of hydrogen-bond acceptors (Lipinski definition) is 2. The van der Waals surface area contributed by atoms with Gasteiger partial charge in [-0.15, -0.1) is 0 Å². The molecular formula is C14H23BrN2O. The van der Waals surface area contributed by atoms with Crippen LogP contribution in [-0.2, 0) is 17.9 Å². The van der Waals surface area contributed by atoms with E-state index in [1.807, 2.05) is 11.6 Å². The Morgan fingerprint density at radius 1 is 1.33 bits per heavy atom. The zero-order chi connectivity index (χ0) is 13.1. The van der Waals surface area contributed by atoms with Gasteiger partial charge in [0.1, 0.15) is 0 Å². The monoisotopic (exact) mass is 314 g/mol. The molecular weight excluding hydrogens is 292 g/mol. The predicted molar refractivity (Wildman–Crippen MR) is 76.5 cm³/mol. The van der Waals surface area contributed by atoms with Crippen molar-refractivity contribution in [1.29, 1.82) is 0 Å². The molecule has 0 N–H and O–H groups in total. The van der Waals surface area contributed by atoms with Gasteiger partial charge in [-0.25, -0.2) is 0 Å². The first-order chi connectivity index (χ1) is 8.61. The number of rotatable bonds is 4. The van der Waals surface area contributed by atoms with E-state index in [-0.39, 0.29) is 0 Å². The fourth-order valence-electron chi connectivity index (χ4n) is 2.60. The molecule has 0 amide bonds. The van der Waals surface area contributed by atoms with Gasteiger partial charge in [-0.05, 0) is 61.4 Å². The molecule has 1 aromatic rings. The zero-order valence-electron chi connectivity index (χ0n) is 11.6. The van der Waals surface area contributed by atoms with Crippen molar-refractivity contribution in [2.45, 2.75) is 65.7 Å². The number of nitrogens with zero attached hydrogens (tertiary/aromatic N) is 2. The highest BCUT2D eigenvalue weighted by atomic mass is 79.9. The molecule has 0 saturated heterocycles. The molecule has 1 aromatic heterocycles. The Morgan fingerprint density at radius 3 is 2.61 bits per heavy atom. The first-order valence-electron chi connectivity index (χ1n) is 6.95.